The van der Waals surface area contributed by atoms with Gasteiger partial charge >= 0.3 is 0 Å². The lowest BCUT2D eigenvalue weighted by molar-refractivity contribution is 0.1000. The van der Waals surface area contributed by atoms with Crippen LogP contribution < -0.4 is 5.73 Å². The van der Waals surface area contributed by atoms with Crippen LogP contribution in [0.4, 0.5) is 0 Å². The second-order valence-corrected chi connectivity index (χ2v) is 4.94. The van der Waals surface area contributed by atoms with Crippen LogP contribution in [0.3, 0.4) is 0 Å². The number of hydrogen-bond acceptors (Lipinski definition) is 2. The molecule has 1 heterocycles. The maximum Gasteiger partial charge on any atom is 0.248 e. The highest BCUT2D eigenvalue weighted by molar-refractivity contribution is 5.92. The number of benzene rings is 2. The summed E-state index contributed by atoms with van der Waals surface area (Å²) in [6.07, 6.45) is 2.83. The quantitative estimate of drug-likeness (QED) is 0.745. The highest BCUT2D eigenvalue weighted by Crippen LogP contribution is 2.18. The van der Waals surface area contributed by atoms with E-state index in [2.05, 4.69) is 4.57 Å². The monoisotopic (exact) mass is 278 g/mol. The number of amides is 1. The Labute approximate surface area is 121 Å². The topological polar surface area (TPSA) is 65.1 Å². The number of aldehydes is 1. The zero-order valence-electron chi connectivity index (χ0n) is 11.3. The van der Waals surface area contributed by atoms with Crippen LogP contribution >= 0.6 is 0 Å². The van der Waals surface area contributed by atoms with Crippen molar-refractivity contribution < 1.29 is 9.59 Å². The molecule has 4 heteroatoms. The molecule has 1 amide bonds. The van der Waals surface area contributed by atoms with E-state index in [-0.39, 0.29) is 0 Å². The largest absolute Gasteiger partial charge is 0.366 e. The summed E-state index contributed by atoms with van der Waals surface area (Å²) in [4.78, 5) is 21.8. The molecule has 0 saturated carbocycles. The lowest BCUT2D eigenvalue weighted by Crippen LogP contribution is -2.10. The Morgan fingerprint density at radius 1 is 1.10 bits per heavy atom. The maximum atomic E-state index is 11.1. The molecule has 3 rings (SSSR count). The Bertz CT molecular complexity index is 816. The normalized spacial score (nSPS) is 10.7. The van der Waals surface area contributed by atoms with E-state index in [0.717, 1.165) is 22.8 Å². The van der Waals surface area contributed by atoms with Gasteiger partial charge in [0.2, 0.25) is 5.91 Å². The number of primary amides is 1. The van der Waals surface area contributed by atoms with Crippen LogP contribution in [0.5, 0.6) is 0 Å². The minimum absolute atomic E-state index is 0.422. The lowest BCUT2D eigenvalue weighted by Gasteiger charge is -2.06. The fraction of sp³-hybridized carbons (Fsp3) is 0.0588. The first kappa shape index (κ1) is 13.1. The molecule has 0 aliphatic carbocycles. The van der Waals surface area contributed by atoms with Crippen molar-refractivity contribution in [1.29, 1.82) is 0 Å². The van der Waals surface area contributed by atoms with Gasteiger partial charge in [0.05, 0.1) is 0 Å². The number of nitrogens with two attached hydrogens (primary N) is 1. The van der Waals surface area contributed by atoms with Crippen LogP contribution in [0.25, 0.3) is 10.9 Å². The summed E-state index contributed by atoms with van der Waals surface area (Å²) in [6.45, 7) is 0.697. The molecule has 0 unspecified atom stereocenters. The number of aromatic nitrogens is 1. The van der Waals surface area contributed by atoms with Gasteiger partial charge in [-0.25, -0.2) is 0 Å². The molecule has 0 saturated heterocycles. The van der Waals surface area contributed by atoms with E-state index >= 15 is 0 Å². The lowest BCUT2D eigenvalue weighted by atomic mass is 10.1. The number of carbonyl (C=O) groups is 2. The summed E-state index contributed by atoms with van der Waals surface area (Å²) < 4.78 is 2.10. The van der Waals surface area contributed by atoms with Crippen molar-refractivity contribution in [2.75, 3.05) is 0 Å². The van der Waals surface area contributed by atoms with Gasteiger partial charge < -0.3 is 10.3 Å². The fourth-order valence-electron chi connectivity index (χ4n) is 2.40. The third-order valence-corrected chi connectivity index (χ3v) is 3.52. The maximum absolute atomic E-state index is 11.1. The van der Waals surface area contributed by atoms with Crippen LogP contribution in [0, 0.1) is 0 Å². The van der Waals surface area contributed by atoms with Gasteiger partial charge in [0, 0.05) is 34.8 Å². The number of rotatable bonds is 4. The molecule has 104 valence electrons. The second kappa shape index (κ2) is 5.25. The highest BCUT2D eigenvalue weighted by atomic mass is 16.1. The van der Waals surface area contributed by atoms with Crippen LogP contribution in [-0.4, -0.2) is 16.8 Å². The van der Waals surface area contributed by atoms with Gasteiger partial charge in [0.25, 0.3) is 0 Å². The van der Waals surface area contributed by atoms with Gasteiger partial charge in [-0.15, -0.1) is 0 Å². The number of fused-ring (bicyclic) bond motifs is 1. The molecule has 0 bridgehead atoms. The van der Waals surface area contributed by atoms with Crippen molar-refractivity contribution >= 4 is 23.1 Å². The Morgan fingerprint density at radius 2 is 1.86 bits per heavy atom. The van der Waals surface area contributed by atoms with Gasteiger partial charge in [0.1, 0.15) is 6.29 Å². The van der Waals surface area contributed by atoms with E-state index in [4.69, 9.17) is 5.73 Å². The molecule has 1 aromatic heterocycles. The van der Waals surface area contributed by atoms with Crippen LogP contribution in [0.15, 0.2) is 54.7 Å². The first-order chi connectivity index (χ1) is 10.2. The minimum Gasteiger partial charge on any atom is -0.366 e. The van der Waals surface area contributed by atoms with Gasteiger partial charge in [-0.1, -0.05) is 12.1 Å². The zero-order chi connectivity index (χ0) is 14.8. The Balaban J connectivity index is 1.91. The average molecular weight is 278 g/mol. The zero-order valence-corrected chi connectivity index (χ0v) is 11.3. The van der Waals surface area contributed by atoms with Crippen LogP contribution in [0.1, 0.15) is 26.3 Å². The molecule has 21 heavy (non-hydrogen) atoms. The molecular formula is C17H14N2O2. The van der Waals surface area contributed by atoms with E-state index in [9.17, 15) is 9.59 Å². The third-order valence-electron chi connectivity index (χ3n) is 3.52. The van der Waals surface area contributed by atoms with Crippen molar-refractivity contribution in [2.24, 2.45) is 5.73 Å². The first-order valence-corrected chi connectivity index (χ1v) is 6.60. The van der Waals surface area contributed by atoms with E-state index in [1.54, 1.807) is 12.1 Å². The summed E-state index contributed by atoms with van der Waals surface area (Å²) >= 11 is 0. The fourth-order valence-corrected chi connectivity index (χ4v) is 2.40. The molecular weight excluding hydrogens is 264 g/mol. The van der Waals surface area contributed by atoms with E-state index in [1.807, 2.05) is 42.6 Å². The predicted molar refractivity (Wildman–Crippen MR) is 81.4 cm³/mol. The molecule has 0 fully saturated rings. The number of hydrogen-bond donors (Lipinski definition) is 1. The standard InChI is InChI=1S/C17H14N2O2/c18-17(21)14-4-1-12(2-5-14)10-19-8-7-15-9-13(11-20)3-6-16(15)19/h1-9,11H,10H2,(H2,18,21). The molecule has 0 atom stereocenters. The van der Waals surface area contributed by atoms with Crippen molar-refractivity contribution in [3.63, 3.8) is 0 Å². The Kier molecular flexibility index (Phi) is 3.28. The molecule has 2 aromatic carbocycles. The minimum atomic E-state index is -0.422. The highest BCUT2D eigenvalue weighted by Gasteiger charge is 2.04. The second-order valence-electron chi connectivity index (χ2n) is 4.94. The summed E-state index contributed by atoms with van der Waals surface area (Å²) in [7, 11) is 0. The SMILES string of the molecule is NC(=O)c1ccc(Cn2ccc3cc(C=O)ccc32)cc1. The van der Waals surface area contributed by atoms with E-state index < -0.39 is 5.91 Å². The van der Waals surface area contributed by atoms with Gasteiger partial charge in [-0.3, -0.25) is 9.59 Å². The van der Waals surface area contributed by atoms with E-state index in [1.165, 1.54) is 0 Å². The number of nitrogens with zero attached hydrogens (tertiary/aromatic N) is 1. The molecule has 0 spiro atoms. The molecule has 2 N–H and O–H groups in total. The summed E-state index contributed by atoms with van der Waals surface area (Å²) in [5.41, 5.74) is 8.56. The summed E-state index contributed by atoms with van der Waals surface area (Å²) in [6, 6.07) is 14.9. The predicted octanol–water partition coefficient (Wildman–Crippen LogP) is 2.60. The molecule has 0 aliphatic rings. The van der Waals surface area contributed by atoms with Crippen molar-refractivity contribution in [3.05, 3.63) is 71.4 Å². The van der Waals surface area contributed by atoms with Gasteiger partial charge in [-0.05, 0) is 42.0 Å². The third kappa shape index (κ3) is 2.56. The van der Waals surface area contributed by atoms with E-state index in [0.29, 0.717) is 17.7 Å². The Hall–Kier alpha value is -2.88. The van der Waals surface area contributed by atoms with Gasteiger partial charge in [0.15, 0.2) is 0 Å². The molecule has 0 aliphatic heterocycles. The number of carbonyl (C=O) groups excluding carboxylic acids is 2. The summed E-state index contributed by atoms with van der Waals surface area (Å²) in [5, 5.41) is 1.04. The first-order valence-electron chi connectivity index (χ1n) is 6.60. The Morgan fingerprint density at radius 3 is 2.52 bits per heavy atom. The smallest absolute Gasteiger partial charge is 0.248 e. The van der Waals surface area contributed by atoms with Crippen molar-refractivity contribution in [1.82, 2.24) is 4.57 Å². The molecule has 0 radical (unpaired) electrons. The molecule has 3 aromatic rings. The van der Waals surface area contributed by atoms with Crippen LogP contribution in [0.2, 0.25) is 0 Å². The van der Waals surface area contributed by atoms with Crippen molar-refractivity contribution in [2.45, 2.75) is 6.54 Å². The van der Waals surface area contributed by atoms with Gasteiger partial charge in [-0.2, -0.15) is 0 Å². The summed E-state index contributed by atoms with van der Waals surface area (Å²) in [5.74, 6) is -0.422. The van der Waals surface area contributed by atoms with Crippen molar-refractivity contribution in [3.8, 4) is 0 Å². The average Bonchev–Trinajstić information content (AvgIpc) is 2.90. The van der Waals surface area contributed by atoms with Crippen LogP contribution in [-0.2, 0) is 6.54 Å². The molecule has 4 nitrogen and oxygen atoms in total.